The van der Waals surface area contributed by atoms with Crippen molar-refractivity contribution in [2.24, 2.45) is 0 Å². The zero-order valence-corrected chi connectivity index (χ0v) is 23.7. The summed E-state index contributed by atoms with van der Waals surface area (Å²) in [6.07, 6.45) is 1.56. The van der Waals surface area contributed by atoms with Gasteiger partial charge in [0.15, 0.2) is 11.5 Å². The molecule has 1 aliphatic heterocycles. The predicted octanol–water partition coefficient (Wildman–Crippen LogP) is 5.49. The van der Waals surface area contributed by atoms with Gasteiger partial charge in [-0.15, -0.1) is 0 Å². The number of aliphatic hydroxyl groups excluding tert-OH is 1. The summed E-state index contributed by atoms with van der Waals surface area (Å²) < 4.78 is 16.8. The Morgan fingerprint density at radius 2 is 1.67 bits per heavy atom. The van der Waals surface area contributed by atoms with Crippen molar-refractivity contribution in [3.8, 4) is 17.2 Å². The van der Waals surface area contributed by atoms with Crippen molar-refractivity contribution in [1.82, 2.24) is 15.0 Å². The fraction of sp³-hybridized carbons (Fsp3) is 0.152. The van der Waals surface area contributed by atoms with Gasteiger partial charge in [0, 0.05) is 23.9 Å². The molecule has 0 spiro atoms. The van der Waals surface area contributed by atoms with Gasteiger partial charge in [0.2, 0.25) is 5.95 Å². The number of nitrogens with zero attached hydrogens (tertiary/aromatic N) is 3. The van der Waals surface area contributed by atoms with Crippen LogP contribution in [0.3, 0.4) is 0 Å². The zero-order valence-electron chi connectivity index (χ0n) is 23.7. The van der Waals surface area contributed by atoms with Gasteiger partial charge in [-0.3, -0.25) is 19.5 Å². The Balaban J connectivity index is 1.41. The summed E-state index contributed by atoms with van der Waals surface area (Å²) in [6, 6.07) is 22.4. The molecule has 1 atom stereocenters. The highest BCUT2D eigenvalue weighted by atomic mass is 16.5. The number of ketones is 1. The van der Waals surface area contributed by atoms with Crippen molar-refractivity contribution in [1.29, 1.82) is 0 Å². The summed E-state index contributed by atoms with van der Waals surface area (Å²) in [7, 11) is 3.03. The number of ether oxygens (including phenoxy) is 3. The van der Waals surface area contributed by atoms with Crippen molar-refractivity contribution in [2.45, 2.75) is 19.6 Å². The Morgan fingerprint density at radius 1 is 0.930 bits per heavy atom. The van der Waals surface area contributed by atoms with Gasteiger partial charge in [-0.1, -0.05) is 36.4 Å². The van der Waals surface area contributed by atoms with E-state index in [2.05, 4.69) is 15.0 Å². The number of aryl methyl sites for hydroxylation is 1. The molecule has 1 amide bonds. The lowest BCUT2D eigenvalue weighted by Gasteiger charge is -2.22. The van der Waals surface area contributed by atoms with Crippen LogP contribution in [-0.4, -0.2) is 46.0 Å². The molecule has 43 heavy (non-hydrogen) atoms. The van der Waals surface area contributed by atoms with E-state index in [-0.39, 0.29) is 17.3 Å². The molecule has 1 unspecified atom stereocenters. The Hall–Kier alpha value is -5.64. The van der Waals surface area contributed by atoms with E-state index in [1.54, 1.807) is 54.7 Å². The van der Waals surface area contributed by atoms with E-state index in [0.29, 0.717) is 46.1 Å². The summed E-state index contributed by atoms with van der Waals surface area (Å²) >= 11 is 0. The van der Waals surface area contributed by atoms with Gasteiger partial charge < -0.3 is 24.3 Å². The quantitative estimate of drug-likeness (QED) is 0.141. The van der Waals surface area contributed by atoms with Crippen molar-refractivity contribution >= 4 is 34.4 Å². The minimum Gasteiger partial charge on any atom is -0.507 e. The lowest BCUT2D eigenvalue weighted by molar-refractivity contribution is -0.132. The molecule has 2 N–H and O–H groups in total. The number of aliphatic hydroxyl groups is 1. The number of aromatic amines is 1. The van der Waals surface area contributed by atoms with Gasteiger partial charge in [-0.2, -0.15) is 0 Å². The van der Waals surface area contributed by atoms with Crippen molar-refractivity contribution < 1.29 is 28.9 Å². The first-order chi connectivity index (χ1) is 20.9. The number of anilines is 1. The molecular weight excluding hydrogens is 548 g/mol. The smallest absolute Gasteiger partial charge is 0.302 e. The van der Waals surface area contributed by atoms with Gasteiger partial charge >= 0.3 is 5.91 Å². The topological polar surface area (TPSA) is 127 Å². The third-order valence-corrected chi connectivity index (χ3v) is 7.30. The summed E-state index contributed by atoms with van der Waals surface area (Å²) in [5.41, 5.74) is 3.49. The number of carbonyl (C=O) groups is 2. The van der Waals surface area contributed by atoms with Gasteiger partial charge in [-0.25, -0.2) is 4.98 Å². The number of amides is 1. The summed E-state index contributed by atoms with van der Waals surface area (Å²) in [5, 5.41) is 11.6. The Kier molecular flexibility index (Phi) is 7.25. The maximum Gasteiger partial charge on any atom is 0.302 e. The van der Waals surface area contributed by atoms with Crippen LogP contribution in [-0.2, 0) is 16.2 Å². The van der Waals surface area contributed by atoms with E-state index in [1.807, 2.05) is 37.3 Å². The number of rotatable bonds is 8. The van der Waals surface area contributed by atoms with Crippen molar-refractivity contribution in [2.75, 3.05) is 19.1 Å². The Labute approximate surface area is 247 Å². The van der Waals surface area contributed by atoms with Gasteiger partial charge in [0.05, 0.1) is 36.5 Å². The highest BCUT2D eigenvalue weighted by Crippen LogP contribution is 2.42. The van der Waals surface area contributed by atoms with Crippen LogP contribution < -0.4 is 19.1 Å². The highest BCUT2D eigenvalue weighted by molar-refractivity contribution is 6.51. The number of hydrogen-bond donors (Lipinski definition) is 2. The first-order valence-corrected chi connectivity index (χ1v) is 13.5. The fourth-order valence-electron chi connectivity index (χ4n) is 5.16. The molecule has 1 saturated heterocycles. The highest BCUT2D eigenvalue weighted by Gasteiger charge is 2.49. The minimum atomic E-state index is -1.04. The van der Waals surface area contributed by atoms with Crippen LogP contribution >= 0.6 is 0 Å². The fourth-order valence-corrected chi connectivity index (χ4v) is 5.16. The van der Waals surface area contributed by atoms with E-state index in [0.717, 1.165) is 11.1 Å². The van der Waals surface area contributed by atoms with Gasteiger partial charge in [-0.05, 0) is 48.4 Å². The molecule has 5 aromatic rings. The SMILES string of the molecule is COc1cc2nc(N3C(=O)C(=O)/C(=C(/O)c4ccc(OCc5ccccc5)c(C)c4)C3c3ccccn3)[nH]c2cc1OC. The molecule has 6 rings (SSSR count). The standard InChI is InChI=1S/C33H28N4O6/c1-19-15-21(12-13-25(19)43-18-20-9-5-4-6-10-20)30(38)28-29(22-11-7-8-14-34-22)37(32(40)31(28)39)33-35-23-16-26(41-2)27(42-3)17-24(23)36-33/h4-17,29,38H,18H2,1-3H3,(H,35,36)/b30-28+. The van der Waals surface area contributed by atoms with Crippen LogP contribution in [0.4, 0.5) is 5.95 Å². The average molecular weight is 577 g/mol. The predicted molar refractivity (Wildman–Crippen MR) is 160 cm³/mol. The van der Waals surface area contributed by atoms with Gasteiger partial charge in [0.25, 0.3) is 5.78 Å². The molecule has 3 aromatic carbocycles. The van der Waals surface area contributed by atoms with Crippen LogP contribution in [0.5, 0.6) is 17.2 Å². The molecule has 0 saturated carbocycles. The van der Waals surface area contributed by atoms with E-state index in [9.17, 15) is 14.7 Å². The molecule has 0 aliphatic carbocycles. The third kappa shape index (κ3) is 5.03. The maximum absolute atomic E-state index is 13.6. The largest absolute Gasteiger partial charge is 0.507 e. The number of pyridine rings is 1. The number of methoxy groups -OCH3 is 2. The summed E-state index contributed by atoms with van der Waals surface area (Å²) in [4.78, 5) is 40.5. The number of hydrogen-bond acceptors (Lipinski definition) is 8. The first kappa shape index (κ1) is 27.5. The molecule has 1 fully saturated rings. The van der Waals surface area contributed by atoms with Crippen LogP contribution in [0.1, 0.15) is 28.4 Å². The molecule has 0 bridgehead atoms. The molecule has 10 heteroatoms. The van der Waals surface area contributed by atoms with Crippen LogP contribution in [0, 0.1) is 6.92 Å². The summed E-state index contributed by atoms with van der Waals surface area (Å²) in [5.74, 6) is -0.351. The van der Waals surface area contributed by atoms with E-state index >= 15 is 0 Å². The second-order valence-corrected chi connectivity index (χ2v) is 9.96. The molecule has 10 nitrogen and oxygen atoms in total. The molecule has 0 radical (unpaired) electrons. The lowest BCUT2D eigenvalue weighted by Crippen LogP contribution is -2.30. The number of Topliss-reactive ketones (excluding diaryl/α,β-unsaturated/α-hetero) is 1. The third-order valence-electron chi connectivity index (χ3n) is 7.30. The normalized spacial score (nSPS) is 16.1. The minimum absolute atomic E-state index is 0.100. The first-order valence-electron chi connectivity index (χ1n) is 13.5. The Bertz CT molecular complexity index is 1830. The van der Waals surface area contributed by atoms with E-state index in [1.165, 1.54) is 19.1 Å². The van der Waals surface area contributed by atoms with E-state index in [4.69, 9.17) is 14.2 Å². The number of benzene rings is 3. The molecule has 1 aliphatic rings. The number of aromatic nitrogens is 3. The molecule has 2 aromatic heterocycles. The second kappa shape index (κ2) is 11.3. The Morgan fingerprint density at radius 3 is 2.37 bits per heavy atom. The monoisotopic (exact) mass is 576 g/mol. The number of imidazole rings is 1. The average Bonchev–Trinajstić information content (AvgIpc) is 3.57. The van der Waals surface area contributed by atoms with Crippen molar-refractivity contribution in [3.63, 3.8) is 0 Å². The molecule has 3 heterocycles. The van der Waals surface area contributed by atoms with Crippen LogP contribution in [0.15, 0.2) is 90.6 Å². The second-order valence-electron chi connectivity index (χ2n) is 9.96. The van der Waals surface area contributed by atoms with Gasteiger partial charge in [0.1, 0.15) is 24.2 Å². The maximum atomic E-state index is 13.6. The number of H-pyrrole nitrogens is 1. The lowest BCUT2D eigenvalue weighted by atomic mass is 9.97. The molecule has 216 valence electrons. The van der Waals surface area contributed by atoms with Crippen molar-refractivity contribution in [3.05, 3.63) is 113 Å². The molecular formula is C33H28N4O6. The van der Waals surface area contributed by atoms with Crippen LogP contribution in [0.25, 0.3) is 16.8 Å². The van der Waals surface area contributed by atoms with E-state index < -0.39 is 17.7 Å². The summed E-state index contributed by atoms with van der Waals surface area (Å²) in [6.45, 7) is 2.23. The van der Waals surface area contributed by atoms with Crippen LogP contribution in [0.2, 0.25) is 0 Å². The number of carbonyl (C=O) groups excluding carboxylic acids is 2. The number of nitrogens with one attached hydrogen (secondary N) is 1. The zero-order chi connectivity index (χ0) is 30.1. The number of fused-ring (bicyclic) bond motifs is 1.